The zero-order chi connectivity index (χ0) is 22.0. The van der Waals surface area contributed by atoms with Crippen molar-refractivity contribution >= 4 is 5.91 Å². The first-order valence-corrected chi connectivity index (χ1v) is 10.3. The van der Waals surface area contributed by atoms with Crippen molar-refractivity contribution in [3.63, 3.8) is 0 Å². The van der Waals surface area contributed by atoms with E-state index in [1.807, 2.05) is 54.1 Å². The number of ether oxygens (including phenoxy) is 3. The summed E-state index contributed by atoms with van der Waals surface area (Å²) >= 11 is 0. The molecule has 162 valence electrons. The summed E-state index contributed by atoms with van der Waals surface area (Å²) < 4.78 is 18.2. The predicted octanol–water partition coefficient (Wildman–Crippen LogP) is 3.88. The Bertz CT molecular complexity index is 1070. The predicted molar refractivity (Wildman–Crippen MR) is 118 cm³/mol. The summed E-state index contributed by atoms with van der Waals surface area (Å²) in [6.45, 7) is 1.92. The van der Waals surface area contributed by atoms with Crippen LogP contribution in [0.2, 0.25) is 0 Å². The van der Waals surface area contributed by atoms with Crippen LogP contribution >= 0.6 is 0 Å². The molecule has 31 heavy (non-hydrogen) atoms. The highest BCUT2D eigenvalue weighted by molar-refractivity contribution is 5.94. The van der Waals surface area contributed by atoms with Gasteiger partial charge in [-0.05, 0) is 56.0 Å². The number of para-hydroxylation sites is 1. The number of benzene rings is 2. The second kappa shape index (κ2) is 8.71. The Morgan fingerprint density at radius 2 is 1.71 bits per heavy atom. The third-order valence-corrected chi connectivity index (χ3v) is 5.68. The fourth-order valence-electron chi connectivity index (χ4n) is 4.10. The minimum atomic E-state index is -0.278. The van der Waals surface area contributed by atoms with Gasteiger partial charge in [0.15, 0.2) is 17.2 Å². The Morgan fingerprint density at radius 1 is 1.03 bits per heavy atom. The lowest BCUT2D eigenvalue weighted by molar-refractivity contribution is 0.0933. The number of rotatable bonds is 7. The van der Waals surface area contributed by atoms with Gasteiger partial charge in [0.2, 0.25) is 5.75 Å². The van der Waals surface area contributed by atoms with E-state index in [0.29, 0.717) is 22.9 Å². The minimum absolute atomic E-state index is 0.186. The van der Waals surface area contributed by atoms with Crippen molar-refractivity contribution in [2.75, 3.05) is 21.3 Å². The van der Waals surface area contributed by atoms with E-state index in [4.69, 9.17) is 14.2 Å². The second-order valence-electron chi connectivity index (χ2n) is 7.53. The van der Waals surface area contributed by atoms with Gasteiger partial charge in [0.25, 0.3) is 5.91 Å². The molecule has 3 aromatic rings. The van der Waals surface area contributed by atoms with Crippen LogP contribution in [0, 0.1) is 0 Å². The number of hydrogen-bond donors (Lipinski definition) is 1. The van der Waals surface area contributed by atoms with Gasteiger partial charge in [-0.25, -0.2) is 4.68 Å². The fraction of sp³-hybridized carbons (Fsp3) is 0.333. The number of fused-ring (bicyclic) bond motifs is 1. The molecule has 1 aliphatic rings. The Balaban J connectivity index is 1.62. The molecule has 1 amide bonds. The lowest BCUT2D eigenvalue weighted by Gasteiger charge is -2.18. The molecule has 0 radical (unpaired) electrons. The number of methoxy groups -OCH3 is 3. The van der Waals surface area contributed by atoms with Crippen LogP contribution in [0.25, 0.3) is 5.69 Å². The maximum absolute atomic E-state index is 13.2. The molecule has 1 N–H and O–H groups in total. The summed E-state index contributed by atoms with van der Waals surface area (Å²) in [5.41, 5.74) is 4.48. The molecule has 1 aliphatic carbocycles. The standard InChI is InChI=1S/C24H27N3O4/c1-15(16-13-20(29-2)23(31-4)21(14-16)30-3)25-24(28)22-18-11-8-12-19(18)27(26-22)17-9-6-5-7-10-17/h5-7,9-10,13-15H,8,11-12H2,1-4H3,(H,25,28). The Hall–Kier alpha value is -3.48. The number of carbonyl (C=O) groups excluding carboxylic acids is 1. The number of hydrogen-bond acceptors (Lipinski definition) is 5. The third kappa shape index (κ3) is 3.83. The van der Waals surface area contributed by atoms with Crippen LogP contribution in [0.15, 0.2) is 42.5 Å². The topological polar surface area (TPSA) is 74.6 Å². The number of carbonyl (C=O) groups is 1. The minimum Gasteiger partial charge on any atom is -0.493 e. The first-order chi connectivity index (χ1) is 15.1. The molecule has 0 aliphatic heterocycles. The number of aromatic nitrogens is 2. The van der Waals surface area contributed by atoms with Gasteiger partial charge in [0.05, 0.1) is 33.1 Å². The zero-order valence-corrected chi connectivity index (χ0v) is 18.3. The maximum Gasteiger partial charge on any atom is 0.272 e. The summed E-state index contributed by atoms with van der Waals surface area (Å²) in [7, 11) is 4.71. The van der Waals surface area contributed by atoms with E-state index in [9.17, 15) is 4.79 Å². The van der Waals surface area contributed by atoms with E-state index in [-0.39, 0.29) is 11.9 Å². The number of nitrogens with one attached hydrogen (secondary N) is 1. The van der Waals surface area contributed by atoms with Crippen molar-refractivity contribution in [1.82, 2.24) is 15.1 Å². The van der Waals surface area contributed by atoms with Crippen molar-refractivity contribution < 1.29 is 19.0 Å². The molecule has 7 nitrogen and oxygen atoms in total. The SMILES string of the molecule is COc1cc(C(C)NC(=O)c2nn(-c3ccccc3)c3c2CCC3)cc(OC)c1OC. The molecule has 1 unspecified atom stereocenters. The van der Waals surface area contributed by atoms with Crippen molar-refractivity contribution in [1.29, 1.82) is 0 Å². The van der Waals surface area contributed by atoms with Crippen LogP contribution in [-0.4, -0.2) is 37.0 Å². The molecule has 1 aromatic heterocycles. The van der Waals surface area contributed by atoms with Crippen LogP contribution < -0.4 is 19.5 Å². The molecule has 0 saturated heterocycles. The van der Waals surface area contributed by atoms with E-state index >= 15 is 0 Å². The highest BCUT2D eigenvalue weighted by atomic mass is 16.5. The fourth-order valence-corrected chi connectivity index (χ4v) is 4.10. The summed E-state index contributed by atoms with van der Waals surface area (Å²) in [5, 5.41) is 7.76. The van der Waals surface area contributed by atoms with Gasteiger partial charge in [0.1, 0.15) is 0 Å². The molecule has 0 saturated carbocycles. The Labute approximate surface area is 181 Å². The van der Waals surface area contributed by atoms with Crippen molar-refractivity contribution in [2.45, 2.75) is 32.2 Å². The Kier molecular flexibility index (Phi) is 5.84. The number of nitrogens with zero attached hydrogens (tertiary/aromatic N) is 2. The van der Waals surface area contributed by atoms with Gasteiger partial charge in [-0.3, -0.25) is 4.79 Å². The second-order valence-corrected chi connectivity index (χ2v) is 7.53. The highest BCUT2D eigenvalue weighted by Crippen LogP contribution is 2.39. The molecule has 0 spiro atoms. The average molecular weight is 421 g/mol. The molecule has 7 heteroatoms. The Morgan fingerprint density at radius 3 is 2.32 bits per heavy atom. The van der Waals surface area contributed by atoms with Gasteiger partial charge < -0.3 is 19.5 Å². The van der Waals surface area contributed by atoms with Gasteiger partial charge >= 0.3 is 0 Å². The van der Waals surface area contributed by atoms with Crippen LogP contribution in [-0.2, 0) is 12.8 Å². The monoisotopic (exact) mass is 421 g/mol. The van der Waals surface area contributed by atoms with Crippen molar-refractivity contribution in [3.8, 4) is 22.9 Å². The van der Waals surface area contributed by atoms with E-state index in [1.54, 1.807) is 21.3 Å². The summed E-state index contributed by atoms with van der Waals surface area (Å²) in [5.74, 6) is 1.43. The largest absolute Gasteiger partial charge is 0.493 e. The van der Waals surface area contributed by atoms with Gasteiger partial charge in [-0.15, -0.1) is 0 Å². The third-order valence-electron chi connectivity index (χ3n) is 5.68. The quantitative estimate of drug-likeness (QED) is 0.627. The summed E-state index contributed by atoms with van der Waals surface area (Å²) in [6.07, 6.45) is 2.82. The molecule has 4 rings (SSSR count). The van der Waals surface area contributed by atoms with Gasteiger partial charge in [0, 0.05) is 11.3 Å². The first-order valence-electron chi connectivity index (χ1n) is 10.3. The van der Waals surface area contributed by atoms with Crippen LogP contribution in [0.5, 0.6) is 17.2 Å². The van der Waals surface area contributed by atoms with E-state index in [2.05, 4.69) is 10.4 Å². The van der Waals surface area contributed by atoms with Crippen LogP contribution in [0.4, 0.5) is 0 Å². The van der Waals surface area contributed by atoms with Gasteiger partial charge in [-0.2, -0.15) is 5.10 Å². The van der Waals surface area contributed by atoms with Crippen molar-refractivity contribution in [2.24, 2.45) is 0 Å². The zero-order valence-electron chi connectivity index (χ0n) is 18.3. The number of amides is 1. The summed E-state index contributed by atoms with van der Waals surface area (Å²) in [4.78, 5) is 13.2. The highest BCUT2D eigenvalue weighted by Gasteiger charge is 2.28. The van der Waals surface area contributed by atoms with Crippen molar-refractivity contribution in [3.05, 3.63) is 65.0 Å². The lowest BCUT2D eigenvalue weighted by Crippen LogP contribution is -2.28. The van der Waals surface area contributed by atoms with E-state index in [1.165, 1.54) is 0 Å². The molecular weight excluding hydrogens is 394 g/mol. The lowest BCUT2D eigenvalue weighted by atomic mass is 10.1. The average Bonchev–Trinajstić information content (AvgIpc) is 3.41. The normalized spacial score (nSPS) is 13.4. The van der Waals surface area contributed by atoms with E-state index in [0.717, 1.165) is 41.8 Å². The molecule has 0 bridgehead atoms. The van der Waals surface area contributed by atoms with Gasteiger partial charge in [-0.1, -0.05) is 18.2 Å². The molecular formula is C24H27N3O4. The van der Waals surface area contributed by atoms with Crippen LogP contribution in [0.1, 0.15) is 46.7 Å². The molecule has 1 atom stereocenters. The van der Waals surface area contributed by atoms with E-state index < -0.39 is 0 Å². The first kappa shape index (κ1) is 20.8. The van der Waals surface area contributed by atoms with Crippen LogP contribution in [0.3, 0.4) is 0 Å². The summed E-state index contributed by atoms with van der Waals surface area (Å²) in [6, 6.07) is 13.4. The molecule has 0 fully saturated rings. The molecule has 1 heterocycles. The maximum atomic E-state index is 13.2. The smallest absolute Gasteiger partial charge is 0.272 e. The molecule has 2 aromatic carbocycles.